The largest absolute Gasteiger partial charge is 0.466 e. The van der Waals surface area contributed by atoms with Gasteiger partial charge >= 0.3 is 6.01 Å². The first-order chi connectivity index (χ1) is 9.58. The number of aromatic amines is 1. The van der Waals surface area contributed by atoms with Crippen LogP contribution in [0.2, 0.25) is 0 Å². The number of thioether (sulfide) groups is 1. The van der Waals surface area contributed by atoms with E-state index in [-0.39, 0.29) is 23.6 Å². The zero-order valence-electron chi connectivity index (χ0n) is 10.3. The number of anilines is 1. The Morgan fingerprint density at radius 3 is 2.90 bits per heavy atom. The Balaban J connectivity index is 1.87. The van der Waals surface area contributed by atoms with E-state index in [2.05, 4.69) is 20.5 Å². The van der Waals surface area contributed by atoms with E-state index < -0.39 is 11.6 Å². The predicted octanol–water partition coefficient (Wildman–Crippen LogP) is 1.82. The van der Waals surface area contributed by atoms with Gasteiger partial charge in [0.15, 0.2) is 11.6 Å². The maximum atomic E-state index is 13.0. The van der Waals surface area contributed by atoms with Gasteiger partial charge in [0.1, 0.15) is 0 Å². The average Bonchev–Trinajstić information content (AvgIpc) is 2.88. The Labute approximate surface area is 116 Å². The quantitative estimate of drug-likeness (QED) is 0.823. The van der Waals surface area contributed by atoms with Gasteiger partial charge in [0.2, 0.25) is 11.9 Å². The van der Waals surface area contributed by atoms with Crippen molar-refractivity contribution in [2.45, 2.75) is 4.90 Å². The number of rotatable bonds is 5. The Bertz CT molecular complexity index is 620. The van der Waals surface area contributed by atoms with Gasteiger partial charge in [-0.25, -0.2) is 13.9 Å². The molecule has 1 aromatic heterocycles. The number of carbonyl (C=O) groups is 1. The topological polar surface area (TPSA) is 79.9 Å². The number of carbonyl (C=O) groups excluding carboxylic acids is 1. The summed E-state index contributed by atoms with van der Waals surface area (Å²) in [6, 6.07) is 3.55. The molecular weight excluding hydrogens is 290 g/mol. The Kier molecular flexibility index (Phi) is 4.51. The monoisotopic (exact) mass is 300 g/mol. The average molecular weight is 300 g/mol. The molecule has 0 aliphatic carbocycles. The highest BCUT2D eigenvalue weighted by molar-refractivity contribution is 8.00. The van der Waals surface area contributed by atoms with Gasteiger partial charge in [-0.15, -0.1) is 16.9 Å². The van der Waals surface area contributed by atoms with Crippen LogP contribution in [-0.4, -0.2) is 34.0 Å². The summed E-state index contributed by atoms with van der Waals surface area (Å²) in [6.45, 7) is 0. The lowest BCUT2D eigenvalue weighted by atomic mass is 10.3. The van der Waals surface area contributed by atoms with E-state index in [9.17, 15) is 13.6 Å². The van der Waals surface area contributed by atoms with Gasteiger partial charge in [-0.2, -0.15) is 4.98 Å². The molecule has 0 aliphatic heterocycles. The number of ether oxygens (including phenoxy) is 1. The number of hydrogen-bond donors (Lipinski definition) is 2. The summed E-state index contributed by atoms with van der Waals surface area (Å²) < 4.78 is 30.4. The molecule has 6 nitrogen and oxygen atoms in total. The maximum absolute atomic E-state index is 13.0. The van der Waals surface area contributed by atoms with Crippen LogP contribution in [0, 0.1) is 11.6 Å². The number of amides is 1. The van der Waals surface area contributed by atoms with Gasteiger partial charge in [-0.1, -0.05) is 0 Å². The number of nitrogens with zero attached hydrogens (tertiary/aromatic N) is 2. The molecule has 2 aromatic rings. The molecular formula is C11H10F2N4O2S. The second-order valence-electron chi connectivity index (χ2n) is 3.58. The number of hydrogen-bond acceptors (Lipinski definition) is 5. The van der Waals surface area contributed by atoms with Crippen molar-refractivity contribution in [3.05, 3.63) is 29.8 Å². The lowest BCUT2D eigenvalue weighted by molar-refractivity contribution is -0.113. The molecule has 0 unspecified atom stereocenters. The first kappa shape index (κ1) is 14.3. The fraction of sp³-hybridized carbons (Fsp3) is 0.182. The number of benzene rings is 1. The Morgan fingerprint density at radius 1 is 1.45 bits per heavy atom. The van der Waals surface area contributed by atoms with Crippen LogP contribution in [0.3, 0.4) is 0 Å². The van der Waals surface area contributed by atoms with Crippen LogP contribution in [0.5, 0.6) is 6.01 Å². The zero-order chi connectivity index (χ0) is 14.5. The van der Waals surface area contributed by atoms with Crippen LogP contribution in [0.4, 0.5) is 14.7 Å². The van der Waals surface area contributed by atoms with Gasteiger partial charge in [0, 0.05) is 4.90 Å². The van der Waals surface area contributed by atoms with E-state index in [1.807, 2.05) is 0 Å². The number of aromatic nitrogens is 3. The highest BCUT2D eigenvalue weighted by atomic mass is 32.2. The summed E-state index contributed by atoms with van der Waals surface area (Å²) in [7, 11) is 1.40. The second kappa shape index (κ2) is 6.33. The third kappa shape index (κ3) is 3.67. The van der Waals surface area contributed by atoms with E-state index in [1.54, 1.807) is 0 Å². The van der Waals surface area contributed by atoms with Crippen LogP contribution in [0.15, 0.2) is 23.1 Å². The molecule has 0 fully saturated rings. The molecule has 0 radical (unpaired) electrons. The van der Waals surface area contributed by atoms with Gasteiger partial charge < -0.3 is 4.74 Å². The molecule has 0 spiro atoms. The molecule has 106 valence electrons. The van der Waals surface area contributed by atoms with E-state index in [0.29, 0.717) is 4.90 Å². The predicted molar refractivity (Wildman–Crippen MR) is 68.6 cm³/mol. The number of methoxy groups -OCH3 is 1. The van der Waals surface area contributed by atoms with Crippen LogP contribution in [0.25, 0.3) is 0 Å². The molecule has 2 N–H and O–H groups in total. The summed E-state index contributed by atoms with van der Waals surface area (Å²) in [4.78, 5) is 15.9. The summed E-state index contributed by atoms with van der Waals surface area (Å²) in [5.41, 5.74) is 0. The van der Waals surface area contributed by atoms with Gasteiger partial charge in [0.25, 0.3) is 0 Å². The van der Waals surface area contributed by atoms with Crippen LogP contribution >= 0.6 is 11.8 Å². The number of H-pyrrole nitrogens is 1. The molecule has 1 aromatic carbocycles. The molecule has 0 aliphatic rings. The van der Waals surface area contributed by atoms with Crippen LogP contribution in [0.1, 0.15) is 0 Å². The third-order valence-corrected chi connectivity index (χ3v) is 3.16. The van der Waals surface area contributed by atoms with E-state index >= 15 is 0 Å². The third-order valence-electron chi connectivity index (χ3n) is 2.17. The van der Waals surface area contributed by atoms with E-state index in [4.69, 9.17) is 4.74 Å². The zero-order valence-corrected chi connectivity index (χ0v) is 11.1. The van der Waals surface area contributed by atoms with Crippen molar-refractivity contribution >= 4 is 23.6 Å². The molecule has 0 saturated heterocycles. The number of nitrogens with one attached hydrogen (secondary N) is 2. The fourth-order valence-corrected chi connectivity index (χ4v) is 2.00. The normalized spacial score (nSPS) is 10.3. The fourth-order valence-electron chi connectivity index (χ4n) is 1.28. The molecule has 9 heteroatoms. The molecule has 20 heavy (non-hydrogen) atoms. The Hall–Kier alpha value is -2.16. The minimum atomic E-state index is -0.949. The molecule has 0 saturated carbocycles. The molecule has 1 amide bonds. The highest BCUT2D eigenvalue weighted by Crippen LogP contribution is 2.20. The highest BCUT2D eigenvalue weighted by Gasteiger charge is 2.09. The van der Waals surface area contributed by atoms with Crippen molar-refractivity contribution in [1.29, 1.82) is 0 Å². The molecule has 0 bridgehead atoms. The SMILES string of the molecule is COc1n[nH]c(NC(=O)CSc2ccc(F)c(F)c2)n1. The molecule has 1 heterocycles. The van der Waals surface area contributed by atoms with Gasteiger partial charge in [-0.3, -0.25) is 10.1 Å². The van der Waals surface area contributed by atoms with Crippen LogP contribution < -0.4 is 10.1 Å². The summed E-state index contributed by atoms with van der Waals surface area (Å²) in [6.07, 6.45) is 0. The van der Waals surface area contributed by atoms with Gasteiger partial charge in [-0.05, 0) is 18.2 Å². The van der Waals surface area contributed by atoms with Crippen molar-refractivity contribution in [2.75, 3.05) is 18.2 Å². The minimum absolute atomic E-state index is 0.0219. The van der Waals surface area contributed by atoms with Crippen molar-refractivity contribution in [1.82, 2.24) is 15.2 Å². The van der Waals surface area contributed by atoms with E-state index in [0.717, 1.165) is 23.9 Å². The summed E-state index contributed by atoms with van der Waals surface area (Å²) in [5, 5.41) is 8.58. The maximum Gasteiger partial charge on any atom is 0.336 e. The van der Waals surface area contributed by atoms with Gasteiger partial charge in [0.05, 0.1) is 12.9 Å². The molecule has 2 rings (SSSR count). The first-order valence-electron chi connectivity index (χ1n) is 5.42. The van der Waals surface area contributed by atoms with Crippen molar-refractivity contribution in [3.8, 4) is 6.01 Å². The summed E-state index contributed by atoms with van der Waals surface area (Å²) in [5.74, 6) is -2.06. The smallest absolute Gasteiger partial charge is 0.336 e. The lowest BCUT2D eigenvalue weighted by Crippen LogP contribution is -2.15. The lowest BCUT2D eigenvalue weighted by Gasteiger charge is -2.02. The Morgan fingerprint density at radius 2 is 2.25 bits per heavy atom. The van der Waals surface area contributed by atoms with Crippen molar-refractivity contribution in [2.24, 2.45) is 0 Å². The van der Waals surface area contributed by atoms with Crippen molar-refractivity contribution < 1.29 is 18.3 Å². The minimum Gasteiger partial charge on any atom is -0.466 e. The standard InChI is InChI=1S/C11H10F2N4O2S/c1-19-11-15-10(16-17-11)14-9(18)5-20-6-2-3-7(12)8(13)4-6/h2-4H,5H2,1H3,(H2,14,15,16,17,18). The van der Waals surface area contributed by atoms with Crippen molar-refractivity contribution in [3.63, 3.8) is 0 Å². The summed E-state index contributed by atoms with van der Waals surface area (Å²) >= 11 is 1.07. The second-order valence-corrected chi connectivity index (χ2v) is 4.63. The number of halogens is 2. The van der Waals surface area contributed by atoms with Crippen LogP contribution in [-0.2, 0) is 4.79 Å². The molecule has 0 atom stereocenters. The first-order valence-corrected chi connectivity index (χ1v) is 6.41. The van der Waals surface area contributed by atoms with E-state index in [1.165, 1.54) is 13.2 Å².